The maximum atomic E-state index is 12.2. The summed E-state index contributed by atoms with van der Waals surface area (Å²) in [5.74, 6) is -0.916. The summed E-state index contributed by atoms with van der Waals surface area (Å²) in [6, 6.07) is 4.44. The summed E-state index contributed by atoms with van der Waals surface area (Å²) in [7, 11) is 0. The lowest BCUT2D eigenvalue weighted by Gasteiger charge is -2.17. The first-order valence-corrected chi connectivity index (χ1v) is 6.13. The van der Waals surface area contributed by atoms with E-state index in [9.17, 15) is 18.0 Å². The molecule has 0 fully saturated rings. The van der Waals surface area contributed by atoms with Gasteiger partial charge in [0.2, 0.25) is 0 Å². The number of halogens is 3. The zero-order chi connectivity index (χ0) is 15.2. The molecule has 7 heteroatoms. The SMILES string of the molecule is CCNC(C(=O)OCC)c1cccc(OC(F)(F)F)c1. The van der Waals surface area contributed by atoms with E-state index in [1.807, 2.05) is 0 Å². The highest BCUT2D eigenvalue weighted by molar-refractivity contribution is 5.77. The van der Waals surface area contributed by atoms with Crippen molar-refractivity contribution in [2.24, 2.45) is 0 Å². The van der Waals surface area contributed by atoms with Crippen LogP contribution in [0.15, 0.2) is 24.3 Å². The fourth-order valence-electron chi connectivity index (χ4n) is 1.66. The van der Waals surface area contributed by atoms with Crippen LogP contribution in [0.2, 0.25) is 0 Å². The maximum absolute atomic E-state index is 12.2. The summed E-state index contributed by atoms with van der Waals surface area (Å²) >= 11 is 0. The van der Waals surface area contributed by atoms with Crippen LogP contribution in [-0.2, 0) is 9.53 Å². The number of ether oxygens (including phenoxy) is 2. The van der Waals surface area contributed by atoms with Crippen molar-refractivity contribution in [1.29, 1.82) is 0 Å². The monoisotopic (exact) mass is 291 g/mol. The number of carbonyl (C=O) groups excluding carboxylic acids is 1. The number of likely N-dealkylation sites (N-methyl/N-ethyl adjacent to an activating group) is 1. The Hall–Kier alpha value is -1.76. The van der Waals surface area contributed by atoms with Gasteiger partial charge < -0.3 is 14.8 Å². The Morgan fingerprint density at radius 1 is 1.35 bits per heavy atom. The molecule has 20 heavy (non-hydrogen) atoms. The van der Waals surface area contributed by atoms with E-state index in [1.165, 1.54) is 18.2 Å². The van der Waals surface area contributed by atoms with Gasteiger partial charge in [-0.1, -0.05) is 19.1 Å². The van der Waals surface area contributed by atoms with Crippen LogP contribution in [0, 0.1) is 0 Å². The number of rotatable bonds is 6. The fourth-order valence-corrected chi connectivity index (χ4v) is 1.66. The van der Waals surface area contributed by atoms with E-state index in [0.29, 0.717) is 12.1 Å². The topological polar surface area (TPSA) is 47.6 Å². The van der Waals surface area contributed by atoms with Crippen molar-refractivity contribution < 1.29 is 27.4 Å². The molecule has 0 heterocycles. The number of carbonyl (C=O) groups is 1. The Balaban J connectivity index is 2.96. The van der Waals surface area contributed by atoms with Crippen molar-refractivity contribution in [3.05, 3.63) is 29.8 Å². The van der Waals surface area contributed by atoms with Gasteiger partial charge in [-0.2, -0.15) is 0 Å². The standard InChI is InChI=1S/C13H16F3NO3/c1-3-17-11(12(18)19-4-2)9-6-5-7-10(8-9)20-13(14,15)16/h5-8,11,17H,3-4H2,1-2H3. The first-order valence-electron chi connectivity index (χ1n) is 6.13. The minimum Gasteiger partial charge on any atom is -0.465 e. The second kappa shape index (κ2) is 7.14. The van der Waals surface area contributed by atoms with E-state index in [-0.39, 0.29) is 12.4 Å². The summed E-state index contributed by atoms with van der Waals surface area (Å²) in [5, 5.41) is 2.86. The summed E-state index contributed by atoms with van der Waals surface area (Å²) in [6.07, 6.45) is -4.77. The van der Waals surface area contributed by atoms with Crippen LogP contribution in [0.3, 0.4) is 0 Å². The van der Waals surface area contributed by atoms with Gasteiger partial charge in [0.15, 0.2) is 0 Å². The predicted molar refractivity (Wildman–Crippen MR) is 66.2 cm³/mol. The van der Waals surface area contributed by atoms with Gasteiger partial charge in [0.25, 0.3) is 0 Å². The van der Waals surface area contributed by atoms with Crippen LogP contribution in [0.4, 0.5) is 13.2 Å². The van der Waals surface area contributed by atoms with Gasteiger partial charge in [0.1, 0.15) is 11.8 Å². The number of hydrogen-bond donors (Lipinski definition) is 1. The third kappa shape index (κ3) is 5.08. The number of hydrogen-bond acceptors (Lipinski definition) is 4. The summed E-state index contributed by atoms with van der Waals surface area (Å²) < 4.78 is 45.2. The van der Waals surface area contributed by atoms with E-state index >= 15 is 0 Å². The van der Waals surface area contributed by atoms with E-state index in [1.54, 1.807) is 13.8 Å². The first kappa shape index (κ1) is 16.3. The molecule has 0 bridgehead atoms. The predicted octanol–water partition coefficient (Wildman–Crippen LogP) is 2.80. The molecule has 0 aliphatic heterocycles. The Bertz CT molecular complexity index is 449. The van der Waals surface area contributed by atoms with E-state index in [2.05, 4.69) is 10.1 Å². The van der Waals surface area contributed by atoms with Crippen LogP contribution in [0.1, 0.15) is 25.5 Å². The Morgan fingerprint density at radius 2 is 2.05 bits per heavy atom. The second-order valence-corrected chi connectivity index (χ2v) is 3.86. The summed E-state index contributed by atoms with van der Waals surface area (Å²) in [6.45, 7) is 4.10. The number of benzene rings is 1. The lowest BCUT2D eigenvalue weighted by atomic mass is 10.1. The largest absolute Gasteiger partial charge is 0.573 e. The molecule has 1 aromatic rings. The van der Waals surface area contributed by atoms with Crippen LogP contribution in [0.5, 0.6) is 5.75 Å². The van der Waals surface area contributed by atoms with Crippen molar-refractivity contribution in [3.8, 4) is 5.75 Å². The van der Waals surface area contributed by atoms with Crippen LogP contribution < -0.4 is 10.1 Å². The number of nitrogens with one attached hydrogen (secondary N) is 1. The molecule has 0 amide bonds. The van der Waals surface area contributed by atoms with E-state index < -0.39 is 18.4 Å². The highest BCUT2D eigenvalue weighted by Crippen LogP contribution is 2.26. The van der Waals surface area contributed by atoms with Crippen LogP contribution >= 0.6 is 0 Å². The highest BCUT2D eigenvalue weighted by atomic mass is 19.4. The molecule has 1 unspecified atom stereocenters. The van der Waals surface area contributed by atoms with E-state index in [4.69, 9.17) is 4.74 Å². The van der Waals surface area contributed by atoms with Crippen LogP contribution in [-0.4, -0.2) is 25.5 Å². The molecule has 4 nitrogen and oxygen atoms in total. The smallest absolute Gasteiger partial charge is 0.465 e. The molecule has 0 saturated carbocycles. The molecule has 0 aliphatic rings. The zero-order valence-corrected chi connectivity index (χ0v) is 11.2. The average molecular weight is 291 g/mol. The van der Waals surface area contributed by atoms with Gasteiger partial charge in [-0.3, -0.25) is 0 Å². The minimum atomic E-state index is -4.77. The average Bonchev–Trinajstić information content (AvgIpc) is 2.34. The van der Waals surface area contributed by atoms with Gasteiger partial charge in [-0.25, -0.2) is 4.79 Å². The molecule has 0 radical (unpaired) electrons. The number of alkyl halides is 3. The van der Waals surface area contributed by atoms with Crippen molar-refractivity contribution in [2.45, 2.75) is 26.3 Å². The molecule has 112 valence electrons. The molecule has 1 rings (SSSR count). The molecule has 1 aromatic carbocycles. The highest BCUT2D eigenvalue weighted by Gasteiger charge is 2.31. The van der Waals surface area contributed by atoms with Gasteiger partial charge in [0, 0.05) is 0 Å². The van der Waals surface area contributed by atoms with Crippen molar-refractivity contribution in [3.63, 3.8) is 0 Å². The lowest BCUT2D eigenvalue weighted by molar-refractivity contribution is -0.274. The molecule has 1 N–H and O–H groups in total. The molecule has 0 saturated heterocycles. The molecule has 0 spiro atoms. The van der Waals surface area contributed by atoms with Gasteiger partial charge in [-0.05, 0) is 31.2 Å². The summed E-state index contributed by atoms with van der Waals surface area (Å²) in [4.78, 5) is 11.8. The zero-order valence-electron chi connectivity index (χ0n) is 11.2. The molecule has 0 aliphatic carbocycles. The molecule has 1 atom stereocenters. The Labute approximate surface area is 114 Å². The van der Waals surface area contributed by atoms with Gasteiger partial charge >= 0.3 is 12.3 Å². The molecule has 0 aromatic heterocycles. The second-order valence-electron chi connectivity index (χ2n) is 3.86. The Morgan fingerprint density at radius 3 is 2.60 bits per heavy atom. The molecular formula is C13H16F3NO3. The first-order chi connectivity index (χ1) is 9.37. The third-order valence-corrected chi connectivity index (χ3v) is 2.36. The van der Waals surface area contributed by atoms with Gasteiger partial charge in [-0.15, -0.1) is 13.2 Å². The quantitative estimate of drug-likeness (QED) is 0.819. The van der Waals surface area contributed by atoms with Crippen LogP contribution in [0.25, 0.3) is 0 Å². The molecular weight excluding hydrogens is 275 g/mol. The minimum absolute atomic E-state index is 0.194. The maximum Gasteiger partial charge on any atom is 0.573 e. The van der Waals surface area contributed by atoms with Crippen molar-refractivity contribution in [1.82, 2.24) is 5.32 Å². The van der Waals surface area contributed by atoms with Gasteiger partial charge in [0.05, 0.1) is 6.61 Å². The summed E-state index contributed by atoms with van der Waals surface area (Å²) in [5.41, 5.74) is 0.354. The lowest BCUT2D eigenvalue weighted by Crippen LogP contribution is -2.30. The normalized spacial score (nSPS) is 12.8. The van der Waals surface area contributed by atoms with E-state index in [0.717, 1.165) is 6.07 Å². The van der Waals surface area contributed by atoms with Crippen molar-refractivity contribution >= 4 is 5.97 Å². The fraction of sp³-hybridized carbons (Fsp3) is 0.462. The Kier molecular flexibility index (Phi) is 5.82. The third-order valence-electron chi connectivity index (χ3n) is 2.36. The number of esters is 1. The van der Waals surface area contributed by atoms with Crippen molar-refractivity contribution in [2.75, 3.05) is 13.2 Å².